The Balaban J connectivity index is 1.55. The molecule has 25 heavy (non-hydrogen) atoms. The third kappa shape index (κ3) is 4.43. The minimum absolute atomic E-state index is 0.183. The first-order valence-electron chi connectivity index (χ1n) is 7.48. The summed E-state index contributed by atoms with van der Waals surface area (Å²) in [5.41, 5.74) is 2.06. The second-order valence-electron chi connectivity index (χ2n) is 5.16. The number of rotatable bonds is 4. The van der Waals surface area contributed by atoms with Crippen molar-refractivity contribution >= 4 is 34.8 Å². The Bertz CT molecular complexity index is 896. The first kappa shape index (κ1) is 17.1. The van der Waals surface area contributed by atoms with Crippen LogP contribution in [-0.4, -0.2) is 16.2 Å². The average Bonchev–Trinajstić information content (AvgIpc) is 3.10. The zero-order chi connectivity index (χ0) is 17.6. The molecule has 1 aromatic heterocycles. The molecule has 0 saturated heterocycles. The van der Waals surface area contributed by atoms with Crippen LogP contribution in [0.5, 0.6) is 0 Å². The molecule has 0 saturated carbocycles. The molecule has 2 aromatic carbocycles. The topological polar surface area (TPSA) is 67.2 Å². The number of amides is 1. The summed E-state index contributed by atoms with van der Waals surface area (Å²) < 4.78 is 5.27. The molecule has 126 valence electrons. The van der Waals surface area contributed by atoms with Crippen LogP contribution in [-0.2, 0) is 6.54 Å². The number of benzene rings is 2. The number of carbonyl (C=O) groups is 1. The van der Waals surface area contributed by atoms with Crippen LogP contribution in [0.2, 0.25) is 5.02 Å². The van der Waals surface area contributed by atoms with Gasteiger partial charge < -0.3 is 9.84 Å². The summed E-state index contributed by atoms with van der Waals surface area (Å²) in [6.07, 6.45) is 0. The lowest BCUT2D eigenvalue weighted by molar-refractivity contribution is 0.0976. The summed E-state index contributed by atoms with van der Waals surface area (Å²) in [6, 6.07) is 18.3. The molecule has 3 rings (SSSR count). The zero-order valence-corrected chi connectivity index (χ0v) is 14.6. The molecule has 2 N–H and O–H groups in total. The molecular formula is C18H14ClN3O2S. The molecular weight excluding hydrogens is 358 g/mol. The van der Waals surface area contributed by atoms with Crippen LogP contribution in [0.15, 0.2) is 65.2 Å². The minimum atomic E-state index is -0.370. The monoisotopic (exact) mass is 371 g/mol. The highest BCUT2D eigenvalue weighted by molar-refractivity contribution is 7.80. The third-order valence-electron chi connectivity index (χ3n) is 3.40. The second kappa shape index (κ2) is 7.92. The number of carbonyl (C=O) groups excluding carboxylic acids is 1. The number of aromatic nitrogens is 1. The molecule has 0 unspecified atom stereocenters. The van der Waals surface area contributed by atoms with Crippen molar-refractivity contribution in [3.05, 3.63) is 77.0 Å². The van der Waals surface area contributed by atoms with Gasteiger partial charge in [0.05, 0.1) is 17.1 Å². The van der Waals surface area contributed by atoms with E-state index < -0.39 is 0 Å². The molecule has 0 aliphatic carbocycles. The quantitative estimate of drug-likeness (QED) is 0.683. The molecule has 0 spiro atoms. The zero-order valence-electron chi connectivity index (χ0n) is 13.0. The van der Waals surface area contributed by atoms with Gasteiger partial charge in [-0.3, -0.25) is 10.1 Å². The van der Waals surface area contributed by atoms with E-state index >= 15 is 0 Å². The number of hydrogen-bond donors (Lipinski definition) is 2. The van der Waals surface area contributed by atoms with E-state index in [1.807, 2.05) is 36.4 Å². The van der Waals surface area contributed by atoms with Crippen LogP contribution >= 0.6 is 23.8 Å². The Labute approximate surface area is 155 Å². The Morgan fingerprint density at radius 3 is 2.60 bits per heavy atom. The van der Waals surface area contributed by atoms with Crippen molar-refractivity contribution in [2.75, 3.05) is 0 Å². The fraction of sp³-hybridized carbons (Fsp3) is 0.0556. The number of hydrogen-bond acceptors (Lipinski definition) is 4. The third-order valence-corrected chi connectivity index (χ3v) is 3.97. The molecule has 0 atom stereocenters. The van der Waals surface area contributed by atoms with Gasteiger partial charge in [-0.1, -0.05) is 59.2 Å². The first-order valence-corrected chi connectivity index (χ1v) is 8.27. The predicted molar refractivity (Wildman–Crippen MR) is 100 cm³/mol. The highest BCUT2D eigenvalue weighted by atomic mass is 35.5. The van der Waals surface area contributed by atoms with Gasteiger partial charge in [-0.05, 0) is 24.4 Å². The molecule has 0 aliphatic heterocycles. The number of thiocarbonyl (C=S) groups is 1. The Hall–Kier alpha value is -2.70. The van der Waals surface area contributed by atoms with E-state index in [0.717, 1.165) is 11.3 Å². The standard InChI is InChI=1S/C18H14ClN3O2S/c19-15-9-5-4-8-14(15)17(23)21-18(25)20-11-13-10-16(22-24-13)12-6-2-1-3-7-12/h1-10H,11H2,(H2,20,21,23,25). The maximum atomic E-state index is 12.1. The molecule has 1 heterocycles. The fourth-order valence-electron chi connectivity index (χ4n) is 2.17. The SMILES string of the molecule is O=C(NC(=S)NCc1cc(-c2ccccc2)no1)c1ccccc1Cl. The van der Waals surface area contributed by atoms with Crippen molar-refractivity contribution in [1.82, 2.24) is 15.8 Å². The summed E-state index contributed by atoms with van der Waals surface area (Å²) in [5.74, 6) is 0.235. The van der Waals surface area contributed by atoms with Crippen molar-refractivity contribution in [3.63, 3.8) is 0 Å². The van der Waals surface area contributed by atoms with Crippen molar-refractivity contribution in [1.29, 1.82) is 0 Å². The molecule has 1 amide bonds. The summed E-state index contributed by atoms with van der Waals surface area (Å²) in [6.45, 7) is 0.307. The van der Waals surface area contributed by atoms with E-state index in [4.69, 9.17) is 28.3 Å². The van der Waals surface area contributed by atoms with Gasteiger partial charge in [-0.25, -0.2) is 0 Å². The van der Waals surface area contributed by atoms with Gasteiger partial charge in [-0.15, -0.1) is 0 Å². The molecule has 3 aromatic rings. The molecule has 7 heteroatoms. The van der Waals surface area contributed by atoms with E-state index in [1.165, 1.54) is 0 Å². The van der Waals surface area contributed by atoms with E-state index in [2.05, 4.69) is 15.8 Å². The second-order valence-corrected chi connectivity index (χ2v) is 5.98. The lowest BCUT2D eigenvalue weighted by atomic mass is 10.1. The first-order chi connectivity index (χ1) is 12.1. The Kier molecular flexibility index (Phi) is 5.42. The molecule has 5 nitrogen and oxygen atoms in total. The molecule has 0 fully saturated rings. The Morgan fingerprint density at radius 2 is 1.84 bits per heavy atom. The van der Waals surface area contributed by atoms with E-state index in [9.17, 15) is 4.79 Å². The van der Waals surface area contributed by atoms with Crippen LogP contribution in [0.4, 0.5) is 0 Å². The minimum Gasteiger partial charge on any atom is -0.359 e. The highest BCUT2D eigenvalue weighted by Gasteiger charge is 2.12. The van der Waals surface area contributed by atoms with Crippen LogP contribution in [0, 0.1) is 0 Å². The molecule has 0 bridgehead atoms. The largest absolute Gasteiger partial charge is 0.359 e. The van der Waals surface area contributed by atoms with E-state index in [0.29, 0.717) is 22.9 Å². The number of nitrogens with zero attached hydrogens (tertiary/aromatic N) is 1. The predicted octanol–water partition coefficient (Wildman–Crippen LogP) is 3.80. The summed E-state index contributed by atoms with van der Waals surface area (Å²) in [5, 5.41) is 10.1. The van der Waals surface area contributed by atoms with Gasteiger partial charge in [0.2, 0.25) is 0 Å². The van der Waals surface area contributed by atoms with E-state index in [-0.39, 0.29) is 11.0 Å². The number of halogens is 1. The molecule has 0 radical (unpaired) electrons. The van der Waals surface area contributed by atoms with Crippen molar-refractivity contribution in [2.45, 2.75) is 6.54 Å². The van der Waals surface area contributed by atoms with Gasteiger partial charge in [0.1, 0.15) is 5.69 Å². The average molecular weight is 372 g/mol. The van der Waals surface area contributed by atoms with Crippen LogP contribution in [0.1, 0.15) is 16.1 Å². The lowest BCUT2D eigenvalue weighted by Crippen LogP contribution is -2.38. The normalized spacial score (nSPS) is 10.3. The van der Waals surface area contributed by atoms with Gasteiger partial charge in [0, 0.05) is 11.6 Å². The maximum absolute atomic E-state index is 12.1. The lowest BCUT2D eigenvalue weighted by Gasteiger charge is -2.08. The van der Waals surface area contributed by atoms with E-state index in [1.54, 1.807) is 24.3 Å². The Morgan fingerprint density at radius 1 is 1.12 bits per heavy atom. The maximum Gasteiger partial charge on any atom is 0.258 e. The van der Waals surface area contributed by atoms with Gasteiger partial charge in [0.15, 0.2) is 10.9 Å². The van der Waals surface area contributed by atoms with Crippen LogP contribution in [0.3, 0.4) is 0 Å². The summed E-state index contributed by atoms with van der Waals surface area (Å²) in [7, 11) is 0. The van der Waals surface area contributed by atoms with Crippen molar-refractivity contribution in [3.8, 4) is 11.3 Å². The van der Waals surface area contributed by atoms with Crippen LogP contribution in [0.25, 0.3) is 11.3 Å². The van der Waals surface area contributed by atoms with Crippen molar-refractivity contribution in [2.24, 2.45) is 0 Å². The summed E-state index contributed by atoms with van der Waals surface area (Å²) in [4.78, 5) is 12.1. The smallest absolute Gasteiger partial charge is 0.258 e. The van der Waals surface area contributed by atoms with Gasteiger partial charge >= 0.3 is 0 Å². The molecule has 0 aliphatic rings. The van der Waals surface area contributed by atoms with Gasteiger partial charge in [0.25, 0.3) is 5.91 Å². The fourth-order valence-corrected chi connectivity index (χ4v) is 2.56. The number of nitrogens with one attached hydrogen (secondary N) is 2. The van der Waals surface area contributed by atoms with Crippen LogP contribution < -0.4 is 10.6 Å². The summed E-state index contributed by atoms with van der Waals surface area (Å²) >= 11 is 11.1. The van der Waals surface area contributed by atoms with Crippen molar-refractivity contribution < 1.29 is 9.32 Å². The highest BCUT2D eigenvalue weighted by Crippen LogP contribution is 2.18. The van der Waals surface area contributed by atoms with Gasteiger partial charge in [-0.2, -0.15) is 0 Å².